The number of hydrogen-bond acceptors (Lipinski definition) is 5. The fourth-order valence-electron chi connectivity index (χ4n) is 2.93. The zero-order valence-electron chi connectivity index (χ0n) is 11.4. The van der Waals surface area contributed by atoms with Crippen LogP contribution in [0.1, 0.15) is 35.8 Å². The van der Waals surface area contributed by atoms with E-state index in [0.29, 0.717) is 24.0 Å². The Morgan fingerprint density at radius 1 is 1.50 bits per heavy atom. The molecule has 0 N–H and O–H groups in total. The Kier molecular flexibility index (Phi) is 2.45. The Morgan fingerprint density at radius 3 is 3.10 bits per heavy atom. The van der Waals surface area contributed by atoms with Crippen LogP contribution in [0.2, 0.25) is 0 Å². The van der Waals surface area contributed by atoms with Gasteiger partial charge in [0.25, 0.3) is 0 Å². The van der Waals surface area contributed by atoms with Crippen molar-refractivity contribution in [2.45, 2.75) is 32.2 Å². The van der Waals surface area contributed by atoms with Crippen LogP contribution in [0.15, 0.2) is 12.3 Å². The molecule has 2 aliphatic rings. The molecule has 0 radical (unpaired) electrons. The number of hydrogen-bond donors (Lipinski definition) is 0. The van der Waals surface area contributed by atoms with Crippen molar-refractivity contribution in [1.82, 2.24) is 14.6 Å². The van der Waals surface area contributed by atoms with Crippen molar-refractivity contribution in [3.05, 3.63) is 23.5 Å². The van der Waals surface area contributed by atoms with Gasteiger partial charge in [-0.15, -0.1) is 0 Å². The molecule has 0 aromatic carbocycles. The van der Waals surface area contributed by atoms with Gasteiger partial charge < -0.3 is 9.64 Å². The zero-order chi connectivity index (χ0) is 13.7. The van der Waals surface area contributed by atoms with E-state index in [2.05, 4.69) is 15.0 Å². The average Bonchev–Trinajstić information content (AvgIpc) is 3.02. The topological polar surface area (TPSA) is 59.7 Å². The van der Waals surface area contributed by atoms with Crippen molar-refractivity contribution >= 4 is 17.4 Å². The third kappa shape index (κ3) is 1.60. The summed E-state index contributed by atoms with van der Waals surface area (Å²) in [6.07, 6.45) is 5.00. The SMILES string of the molecule is CCOC(=O)c1nc2ccnn2c2c1CCN2C1CC1. The highest BCUT2D eigenvalue weighted by molar-refractivity contribution is 5.92. The first-order valence-electron chi connectivity index (χ1n) is 7.10. The summed E-state index contributed by atoms with van der Waals surface area (Å²) in [5, 5.41) is 4.36. The van der Waals surface area contributed by atoms with Crippen molar-refractivity contribution < 1.29 is 9.53 Å². The van der Waals surface area contributed by atoms with Gasteiger partial charge in [0.2, 0.25) is 0 Å². The first-order valence-corrected chi connectivity index (χ1v) is 7.10. The quantitative estimate of drug-likeness (QED) is 0.791. The molecule has 1 aliphatic carbocycles. The Hall–Kier alpha value is -2.11. The monoisotopic (exact) mass is 272 g/mol. The van der Waals surface area contributed by atoms with Crippen LogP contribution in [0.3, 0.4) is 0 Å². The van der Waals surface area contributed by atoms with Crippen molar-refractivity contribution in [3.63, 3.8) is 0 Å². The van der Waals surface area contributed by atoms with Gasteiger partial charge in [-0.1, -0.05) is 0 Å². The maximum Gasteiger partial charge on any atom is 0.357 e. The molecule has 0 bridgehead atoms. The van der Waals surface area contributed by atoms with Crippen molar-refractivity contribution in [2.24, 2.45) is 0 Å². The minimum Gasteiger partial charge on any atom is -0.461 e. The van der Waals surface area contributed by atoms with E-state index in [0.717, 1.165) is 24.3 Å². The molecule has 1 fully saturated rings. The normalized spacial score (nSPS) is 17.6. The Balaban J connectivity index is 1.91. The lowest BCUT2D eigenvalue weighted by Gasteiger charge is -2.19. The second kappa shape index (κ2) is 4.19. The average molecular weight is 272 g/mol. The smallest absolute Gasteiger partial charge is 0.357 e. The molecule has 0 atom stereocenters. The first-order chi connectivity index (χ1) is 9.79. The third-order valence-electron chi connectivity index (χ3n) is 3.94. The van der Waals surface area contributed by atoms with E-state index >= 15 is 0 Å². The Bertz CT molecular complexity index is 690. The molecule has 2 aromatic heterocycles. The summed E-state index contributed by atoms with van der Waals surface area (Å²) in [6, 6.07) is 2.42. The largest absolute Gasteiger partial charge is 0.461 e. The molecule has 2 aromatic rings. The zero-order valence-corrected chi connectivity index (χ0v) is 11.4. The number of nitrogens with zero attached hydrogens (tertiary/aromatic N) is 4. The molecule has 0 saturated heterocycles. The number of carbonyl (C=O) groups excluding carboxylic acids is 1. The van der Waals surface area contributed by atoms with E-state index in [1.165, 1.54) is 12.8 Å². The van der Waals surface area contributed by atoms with Crippen LogP contribution in [-0.2, 0) is 11.2 Å². The number of ether oxygens (including phenoxy) is 1. The minimum atomic E-state index is -0.329. The van der Waals surface area contributed by atoms with Crippen LogP contribution < -0.4 is 4.90 Å². The molecule has 1 saturated carbocycles. The number of carbonyl (C=O) groups is 1. The second-order valence-electron chi connectivity index (χ2n) is 5.26. The van der Waals surface area contributed by atoms with Crippen LogP contribution in [0.25, 0.3) is 5.65 Å². The fraction of sp³-hybridized carbons (Fsp3) is 0.500. The van der Waals surface area contributed by atoms with Crippen LogP contribution in [0.5, 0.6) is 0 Å². The lowest BCUT2D eigenvalue weighted by Crippen LogP contribution is -2.25. The highest BCUT2D eigenvalue weighted by atomic mass is 16.5. The van der Waals surface area contributed by atoms with Gasteiger partial charge in [0.1, 0.15) is 5.82 Å². The van der Waals surface area contributed by atoms with Crippen LogP contribution in [0, 0.1) is 0 Å². The van der Waals surface area contributed by atoms with Crippen LogP contribution >= 0.6 is 0 Å². The van der Waals surface area contributed by atoms with Gasteiger partial charge in [-0.05, 0) is 26.2 Å². The van der Waals surface area contributed by atoms with Gasteiger partial charge in [-0.2, -0.15) is 9.61 Å². The summed E-state index contributed by atoms with van der Waals surface area (Å²) < 4.78 is 6.99. The van der Waals surface area contributed by atoms with Gasteiger partial charge in [-0.25, -0.2) is 9.78 Å². The van der Waals surface area contributed by atoms with Gasteiger partial charge in [0.05, 0.1) is 12.8 Å². The molecule has 1 aliphatic heterocycles. The molecular weight excluding hydrogens is 256 g/mol. The van der Waals surface area contributed by atoms with Gasteiger partial charge >= 0.3 is 5.97 Å². The van der Waals surface area contributed by atoms with Crippen molar-refractivity contribution in [1.29, 1.82) is 0 Å². The van der Waals surface area contributed by atoms with E-state index in [-0.39, 0.29) is 5.97 Å². The standard InChI is InChI=1S/C14H16N4O2/c1-2-20-14(19)12-10-6-8-17(9-3-4-9)13(10)18-11(16-12)5-7-15-18/h5,7,9H,2-4,6,8H2,1H3. The third-order valence-corrected chi connectivity index (χ3v) is 3.94. The fourth-order valence-corrected chi connectivity index (χ4v) is 2.93. The van der Waals surface area contributed by atoms with Gasteiger partial charge in [0.15, 0.2) is 11.3 Å². The maximum atomic E-state index is 12.1. The molecule has 20 heavy (non-hydrogen) atoms. The summed E-state index contributed by atoms with van der Waals surface area (Å²) in [7, 11) is 0. The summed E-state index contributed by atoms with van der Waals surface area (Å²) in [5.41, 5.74) is 2.14. The van der Waals surface area contributed by atoms with Crippen molar-refractivity contribution in [3.8, 4) is 0 Å². The number of aromatic nitrogens is 3. The lowest BCUT2D eigenvalue weighted by atomic mass is 10.2. The number of esters is 1. The van der Waals surface area contributed by atoms with Crippen molar-refractivity contribution in [2.75, 3.05) is 18.1 Å². The highest BCUT2D eigenvalue weighted by Crippen LogP contribution is 2.38. The van der Waals surface area contributed by atoms with E-state index in [9.17, 15) is 4.79 Å². The Morgan fingerprint density at radius 2 is 2.35 bits per heavy atom. The summed E-state index contributed by atoms with van der Waals surface area (Å²) in [4.78, 5) is 18.9. The maximum absolute atomic E-state index is 12.1. The molecule has 0 spiro atoms. The minimum absolute atomic E-state index is 0.329. The number of anilines is 1. The van der Waals surface area contributed by atoms with Crippen LogP contribution in [-0.4, -0.2) is 39.8 Å². The molecule has 3 heterocycles. The van der Waals surface area contributed by atoms with Crippen LogP contribution in [0.4, 0.5) is 5.82 Å². The summed E-state index contributed by atoms with van der Waals surface area (Å²) in [5.74, 6) is 0.704. The molecule has 0 amide bonds. The summed E-state index contributed by atoms with van der Waals surface area (Å²) in [6.45, 7) is 3.12. The van der Waals surface area contributed by atoms with E-state index in [1.807, 2.05) is 17.5 Å². The lowest BCUT2D eigenvalue weighted by molar-refractivity contribution is 0.0518. The molecule has 6 nitrogen and oxygen atoms in total. The summed E-state index contributed by atoms with van der Waals surface area (Å²) >= 11 is 0. The number of fused-ring (bicyclic) bond motifs is 3. The van der Waals surface area contributed by atoms with Gasteiger partial charge in [-0.3, -0.25) is 0 Å². The first kappa shape index (κ1) is 11.7. The Labute approximate surface area is 116 Å². The predicted octanol–water partition coefficient (Wildman–Crippen LogP) is 1.43. The van der Waals surface area contributed by atoms with E-state index < -0.39 is 0 Å². The van der Waals surface area contributed by atoms with E-state index in [4.69, 9.17) is 4.74 Å². The van der Waals surface area contributed by atoms with E-state index in [1.54, 1.807) is 6.20 Å². The highest BCUT2D eigenvalue weighted by Gasteiger charge is 2.38. The molecule has 0 unspecified atom stereocenters. The molecule has 6 heteroatoms. The molecular formula is C14H16N4O2. The second-order valence-corrected chi connectivity index (χ2v) is 5.26. The molecule has 104 valence electrons. The van der Waals surface area contributed by atoms with Gasteiger partial charge in [0, 0.05) is 24.2 Å². The predicted molar refractivity (Wildman–Crippen MR) is 73.0 cm³/mol. The number of rotatable bonds is 3. The molecule has 4 rings (SSSR count).